The maximum Gasteiger partial charge on any atom is 0.316 e. The summed E-state index contributed by atoms with van der Waals surface area (Å²) in [4.78, 5) is 23.9. The minimum Gasteiger partial charge on any atom is -0.497 e. The number of sulfonamides is 1. The van der Waals surface area contributed by atoms with E-state index < -0.39 is 21.1 Å². The van der Waals surface area contributed by atoms with Crippen molar-refractivity contribution in [2.24, 2.45) is 14.1 Å². The molecule has 10 heteroatoms. The lowest BCUT2D eigenvalue weighted by atomic mass is 10.3. The molecule has 0 amide bonds. The molecule has 3 aromatic rings. The van der Waals surface area contributed by atoms with Crippen molar-refractivity contribution in [1.82, 2.24) is 9.13 Å². The van der Waals surface area contributed by atoms with Gasteiger partial charge in [-0.05, 0) is 18.2 Å². The molecule has 3 rings (SSSR count). The summed E-state index contributed by atoms with van der Waals surface area (Å²) in [6.45, 7) is 0. The van der Waals surface area contributed by atoms with Gasteiger partial charge in [-0.15, -0.1) is 0 Å². The average Bonchev–Trinajstić information content (AvgIpc) is 2.69. The Hall–Kier alpha value is -3.27. The van der Waals surface area contributed by atoms with Crippen molar-refractivity contribution in [2.45, 2.75) is 4.90 Å². The summed E-state index contributed by atoms with van der Waals surface area (Å²) in [7, 11) is 1.83. The minimum absolute atomic E-state index is 0.0598. The number of nitrogens with zero attached hydrogens (tertiary/aromatic N) is 2. The van der Waals surface area contributed by atoms with Gasteiger partial charge in [-0.1, -0.05) is 0 Å². The van der Waals surface area contributed by atoms with Crippen LogP contribution in [0.25, 0.3) is 11.0 Å². The van der Waals surface area contributed by atoms with Crippen LogP contribution in [0.15, 0.2) is 50.9 Å². The van der Waals surface area contributed by atoms with Gasteiger partial charge in [0.25, 0.3) is 10.0 Å². The van der Waals surface area contributed by atoms with Gasteiger partial charge >= 0.3 is 11.1 Å². The van der Waals surface area contributed by atoms with Crippen LogP contribution in [0.4, 0.5) is 5.69 Å². The first kappa shape index (κ1) is 19.5. The predicted molar refractivity (Wildman–Crippen MR) is 105 cm³/mol. The number of fused-ring (bicyclic) bond motifs is 1. The molecular weight excluding hydrogens is 386 g/mol. The van der Waals surface area contributed by atoms with Crippen LogP contribution in [-0.2, 0) is 24.1 Å². The molecule has 0 spiro atoms. The molecule has 0 aliphatic heterocycles. The number of hydrogen-bond donors (Lipinski definition) is 1. The van der Waals surface area contributed by atoms with Crippen LogP contribution in [0.3, 0.4) is 0 Å². The molecule has 1 aromatic heterocycles. The third-order valence-electron chi connectivity index (χ3n) is 4.38. The van der Waals surface area contributed by atoms with E-state index in [0.29, 0.717) is 22.5 Å². The zero-order valence-corrected chi connectivity index (χ0v) is 16.5. The van der Waals surface area contributed by atoms with E-state index in [1.165, 1.54) is 63.2 Å². The van der Waals surface area contributed by atoms with Crippen LogP contribution >= 0.6 is 0 Å². The molecule has 0 bridgehead atoms. The second-order valence-electron chi connectivity index (χ2n) is 6.09. The third-order valence-corrected chi connectivity index (χ3v) is 5.75. The van der Waals surface area contributed by atoms with E-state index in [4.69, 9.17) is 9.47 Å². The Bertz CT molecular complexity index is 1270. The van der Waals surface area contributed by atoms with Crippen LogP contribution in [0.1, 0.15) is 0 Å². The average molecular weight is 405 g/mol. The van der Waals surface area contributed by atoms with Gasteiger partial charge in [0.05, 0.1) is 35.8 Å². The smallest absolute Gasteiger partial charge is 0.316 e. The first-order valence-electron chi connectivity index (χ1n) is 8.13. The van der Waals surface area contributed by atoms with Gasteiger partial charge in [-0.2, -0.15) is 0 Å². The first-order chi connectivity index (χ1) is 13.2. The summed E-state index contributed by atoms with van der Waals surface area (Å²) in [5.41, 5.74) is -0.416. The number of hydrogen-bond acceptors (Lipinski definition) is 6. The van der Waals surface area contributed by atoms with Crippen molar-refractivity contribution in [3.63, 3.8) is 0 Å². The predicted octanol–water partition coefficient (Wildman–Crippen LogP) is 1.06. The lowest BCUT2D eigenvalue weighted by Crippen LogP contribution is -2.39. The van der Waals surface area contributed by atoms with Gasteiger partial charge in [0, 0.05) is 32.3 Å². The largest absolute Gasteiger partial charge is 0.497 e. The molecule has 0 aliphatic rings. The lowest BCUT2D eigenvalue weighted by Gasteiger charge is -2.13. The zero-order valence-electron chi connectivity index (χ0n) is 15.7. The highest BCUT2D eigenvalue weighted by Crippen LogP contribution is 2.28. The summed E-state index contributed by atoms with van der Waals surface area (Å²) >= 11 is 0. The Morgan fingerprint density at radius 2 is 1.36 bits per heavy atom. The molecule has 0 aliphatic carbocycles. The molecule has 0 unspecified atom stereocenters. The molecule has 0 radical (unpaired) electrons. The second kappa shape index (κ2) is 7.04. The van der Waals surface area contributed by atoms with Crippen LogP contribution < -0.4 is 25.3 Å². The van der Waals surface area contributed by atoms with Crippen LogP contribution in [-0.4, -0.2) is 31.8 Å². The van der Waals surface area contributed by atoms with Crippen LogP contribution in [0.5, 0.6) is 11.5 Å². The summed E-state index contributed by atoms with van der Waals surface area (Å²) in [6, 6.07) is 8.84. The molecule has 0 saturated heterocycles. The van der Waals surface area contributed by atoms with E-state index in [2.05, 4.69) is 4.72 Å². The quantitative estimate of drug-likeness (QED) is 0.636. The number of benzene rings is 2. The number of methoxy groups -OCH3 is 2. The van der Waals surface area contributed by atoms with E-state index in [0.717, 1.165) is 4.57 Å². The van der Waals surface area contributed by atoms with Gasteiger partial charge < -0.3 is 18.6 Å². The van der Waals surface area contributed by atoms with Crippen LogP contribution in [0, 0.1) is 0 Å². The monoisotopic (exact) mass is 405 g/mol. The Balaban J connectivity index is 2.11. The van der Waals surface area contributed by atoms with Gasteiger partial charge in [0.2, 0.25) is 0 Å². The molecule has 1 N–H and O–H groups in total. The first-order valence-corrected chi connectivity index (χ1v) is 9.62. The lowest BCUT2D eigenvalue weighted by molar-refractivity contribution is 0.395. The van der Waals surface area contributed by atoms with Crippen LogP contribution in [0.2, 0.25) is 0 Å². The van der Waals surface area contributed by atoms with Crippen molar-refractivity contribution in [3.8, 4) is 11.5 Å². The number of anilines is 1. The molecule has 9 nitrogen and oxygen atoms in total. The van der Waals surface area contributed by atoms with Gasteiger partial charge in [0.1, 0.15) is 11.5 Å². The molecule has 148 valence electrons. The molecule has 2 aromatic carbocycles. The third kappa shape index (κ3) is 3.33. The van der Waals surface area contributed by atoms with Crippen molar-refractivity contribution < 1.29 is 17.9 Å². The fraction of sp³-hybridized carbons (Fsp3) is 0.222. The van der Waals surface area contributed by atoms with E-state index in [1.54, 1.807) is 6.07 Å². The number of aryl methyl sites for hydroxylation is 2. The minimum atomic E-state index is -3.97. The number of rotatable bonds is 5. The number of ether oxygens (including phenoxy) is 2. The Morgan fingerprint density at radius 3 is 1.89 bits per heavy atom. The zero-order chi connectivity index (χ0) is 20.6. The molecular formula is C18H19N3O6S. The standard InChI is InChI=1S/C18H19N3O6S/c1-20-15-6-5-14(10-16(15)21(2)18(23)17(20)22)28(24,25)19-11-7-12(26-3)9-13(8-11)27-4/h5-10,19H,1-4H3. The number of nitrogens with one attached hydrogen (secondary N) is 1. The van der Waals surface area contributed by atoms with Gasteiger partial charge in [-0.3, -0.25) is 14.3 Å². The van der Waals surface area contributed by atoms with Gasteiger partial charge in [-0.25, -0.2) is 8.42 Å². The van der Waals surface area contributed by atoms with Gasteiger partial charge in [0.15, 0.2) is 0 Å². The maximum atomic E-state index is 12.8. The molecule has 1 heterocycles. The molecule has 0 saturated carbocycles. The Kier molecular flexibility index (Phi) is 4.90. The van der Waals surface area contributed by atoms with Crippen molar-refractivity contribution in [1.29, 1.82) is 0 Å². The van der Waals surface area contributed by atoms with E-state index >= 15 is 0 Å². The Morgan fingerprint density at radius 1 is 0.821 bits per heavy atom. The van der Waals surface area contributed by atoms with Crippen molar-refractivity contribution in [2.75, 3.05) is 18.9 Å². The van der Waals surface area contributed by atoms with Crippen molar-refractivity contribution in [3.05, 3.63) is 57.1 Å². The van der Waals surface area contributed by atoms with E-state index in [1.807, 2.05) is 0 Å². The summed E-state index contributed by atoms with van der Waals surface area (Å²) in [6.07, 6.45) is 0. The Labute approximate surface area is 160 Å². The summed E-state index contributed by atoms with van der Waals surface area (Å²) < 4.78 is 40.8. The van der Waals surface area contributed by atoms with E-state index in [-0.39, 0.29) is 10.6 Å². The number of aromatic nitrogens is 2. The molecule has 0 fully saturated rings. The highest BCUT2D eigenvalue weighted by atomic mass is 32.2. The normalized spacial score (nSPS) is 11.4. The second-order valence-corrected chi connectivity index (χ2v) is 7.77. The summed E-state index contributed by atoms with van der Waals surface area (Å²) in [5.74, 6) is 0.848. The highest BCUT2D eigenvalue weighted by Gasteiger charge is 2.18. The maximum absolute atomic E-state index is 12.8. The molecule has 28 heavy (non-hydrogen) atoms. The SMILES string of the molecule is COc1cc(NS(=O)(=O)c2ccc3c(c2)n(C)c(=O)c(=O)n3C)cc(OC)c1. The summed E-state index contributed by atoms with van der Waals surface area (Å²) in [5, 5.41) is 0. The molecule has 0 atom stereocenters. The fourth-order valence-corrected chi connectivity index (χ4v) is 3.87. The van der Waals surface area contributed by atoms with E-state index in [9.17, 15) is 18.0 Å². The topological polar surface area (TPSA) is 109 Å². The van der Waals surface area contributed by atoms with Crippen molar-refractivity contribution >= 4 is 26.7 Å². The fourth-order valence-electron chi connectivity index (χ4n) is 2.81. The highest BCUT2D eigenvalue weighted by molar-refractivity contribution is 7.92.